The molecule has 7 rings (SSSR count). The predicted octanol–water partition coefficient (Wildman–Crippen LogP) is 4.85. The van der Waals surface area contributed by atoms with Crippen LogP contribution in [0.25, 0.3) is 21.8 Å². The highest BCUT2D eigenvalue weighted by atomic mass is 16.5. The van der Waals surface area contributed by atoms with Crippen LogP contribution in [0.2, 0.25) is 0 Å². The first kappa shape index (κ1) is 23.8. The smallest absolute Gasteiger partial charge is 0.264 e. The lowest BCUT2D eigenvalue weighted by molar-refractivity contribution is -0.121. The standard InChI is InChI=1S/C32H25N5O3/c38-31(29-24-12-3-5-14-27(24)40-28-15-6-4-13-25(28)29)33-16-17-37-30-26(18-35-37)32(39)36(20-34-30)19-22-10-7-9-21-8-1-2-11-23(21)22/h1-15,18,20,29H,16-17,19H2,(H,33,38). The summed E-state index contributed by atoms with van der Waals surface area (Å²) in [6.45, 7) is 1.12. The zero-order valence-corrected chi connectivity index (χ0v) is 21.5. The van der Waals surface area contributed by atoms with E-state index in [1.165, 1.54) is 0 Å². The fourth-order valence-corrected chi connectivity index (χ4v) is 5.47. The summed E-state index contributed by atoms with van der Waals surface area (Å²) in [4.78, 5) is 31.3. The molecule has 40 heavy (non-hydrogen) atoms. The third-order valence-electron chi connectivity index (χ3n) is 7.41. The van der Waals surface area contributed by atoms with Crippen molar-refractivity contribution in [2.75, 3.05) is 6.54 Å². The number of carbonyl (C=O) groups excluding carboxylic acids is 1. The molecule has 1 aliphatic rings. The first-order valence-corrected chi connectivity index (χ1v) is 13.2. The Morgan fingerprint density at radius 2 is 1.55 bits per heavy atom. The topological polar surface area (TPSA) is 91.0 Å². The van der Waals surface area contributed by atoms with Crippen molar-refractivity contribution in [1.29, 1.82) is 0 Å². The molecule has 1 N–H and O–H groups in total. The summed E-state index contributed by atoms with van der Waals surface area (Å²) in [7, 11) is 0. The molecule has 6 aromatic rings. The van der Waals surface area contributed by atoms with E-state index in [0.717, 1.165) is 27.5 Å². The van der Waals surface area contributed by atoms with Crippen molar-refractivity contribution in [1.82, 2.24) is 24.6 Å². The quantitative estimate of drug-likeness (QED) is 0.335. The summed E-state index contributed by atoms with van der Waals surface area (Å²) >= 11 is 0. The van der Waals surface area contributed by atoms with E-state index < -0.39 is 5.92 Å². The number of fused-ring (bicyclic) bond motifs is 4. The number of carbonyl (C=O) groups is 1. The van der Waals surface area contributed by atoms with Crippen LogP contribution in [0.3, 0.4) is 0 Å². The fourth-order valence-electron chi connectivity index (χ4n) is 5.47. The molecule has 0 fully saturated rings. The van der Waals surface area contributed by atoms with E-state index >= 15 is 0 Å². The molecule has 8 heteroatoms. The first-order chi connectivity index (χ1) is 19.7. The summed E-state index contributed by atoms with van der Waals surface area (Å²) in [6, 6.07) is 29.4. The van der Waals surface area contributed by atoms with Crippen LogP contribution in [0, 0.1) is 0 Å². The average Bonchev–Trinajstić information content (AvgIpc) is 3.41. The zero-order chi connectivity index (χ0) is 27.1. The van der Waals surface area contributed by atoms with E-state index in [9.17, 15) is 9.59 Å². The van der Waals surface area contributed by atoms with Gasteiger partial charge in [-0.2, -0.15) is 5.10 Å². The van der Waals surface area contributed by atoms with Gasteiger partial charge in [-0.15, -0.1) is 0 Å². The molecule has 0 spiro atoms. The van der Waals surface area contributed by atoms with Crippen molar-refractivity contribution in [2.45, 2.75) is 19.0 Å². The lowest BCUT2D eigenvalue weighted by Crippen LogP contribution is -2.34. The minimum absolute atomic E-state index is 0.120. The van der Waals surface area contributed by atoms with Crippen LogP contribution in [0.1, 0.15) is 22.6 Å². The van der Waals surface area contributed by atoms with Gasteiger partial charge < -0.3 is 10.1 Å². The van der Waals surface area contributed by atoms with E-state index in [1.54, 1.807) is 21.8 Å². The Labute approximate surface area is 229 Å². The third-order valence-corrected chi connectivity index (χ3v) is 7.41. The molecule has 1 amide bonds. The predicted molar refractivity (Wildman–Crippen MR) is 153 cm³/mol. The van der Waals surface area contributed by atoms with Crippen molar-refractivity contribution >= 4 is 27.7 Å². The van der Waals surface area contributed by atoms with Crippen LogP contribution in [0.4, 0.5) is 0 Å². The summed E-state index contributed by atoms with van der Waals surface area (Å²) in [5, 5.41) is 10.1. The molecule has 8 nitrogen and oxygen atoms in total. The Balaban J connectivity index is 1.09. The highest BCUT2D eigenvalue weighted by molar-refractivity contribution is 5.89. The maximum atomic E-state index is 13.4. The highest BCUT2D eigenvalue weighted by Crippen LogP contribution is 2.43. The number of benzene rings is 4. The Hall–Kier alpha value is -5.24. The van der Waals surface area contributed by atoms with E-state index in [0.29, 0.717) is 42.2 Å². The number of hydrogen-bond acceptors (Lipinski definition) is 5. The van der Waals surface area contributed by atoms with Crippen LogP contribution < -0.4 is 15.6 Å². The second-order valence-corrected chi connectivity index (χ2v) is 9.82. The lowest BCUT2D eigenvalue weighted by atomic mass is 9.87. The second kappa shape index (κ2) is 9.81. The van der Waals surface area contributed by atoms with Gasteiger partial charge in [0.15, 0.2) is 5.65 Å². The number of rotatable bonds is 6. The molecule has 1 aliphatic heterocycles. The first-order valence-electron chi connectivity index (χ1n) is 13.2. The minimum atomic E-state index is -0.477. The van der Waals surface area contributed by atoms with E-state index in [2.05, 4.69) is 33.6 Å². The fraction of sp³-hybridized carbons (Fsp3) is 0.125. The maximum Gasteiger partial charge on any atom is 0.264 e. The summed E-state index contributed by atoms with van der Waals surface area (Å²) in [5.74, 6) is 0.770. The lowest BCUT2D eigenvalue weighted by Gasteiger charge is -2.27. The van der Waals surface area contributed by atoms with Crippen LogP contribution >= 0.6 is 0 Å². The zero-order valence-electron chi connectivity index (χ0n) is 21.5. The normalized spacial score (nSPS) is 12.6. The molecule has 0 saturated carbocycles. The van der Waals surface area contributed by atoms with Gasteiger partial charge in [-0.05, 0) is 28.5 Å². The van der Waals surface area contributed by atoms with Crippen LogP contribution in [-0.4, -0.2) is 31.8 Å². The largest absolute Gasteiger partial charge is 0.457 e. The van der Waals surface area contributed by atoms with E-state index in [1.807, 2.05) is 72.8 Å². The number of hydrogen-bond donors (Lipinski definition) is 1. The van der Waals surface area contributed by atoms with Gasteiger partial charge in [0.1, 0.15) is 23.2 Å². The minimum Gasteiger partial charge on any atom is -0.457 e. The van der Waals surface area contributed by atoms with Gasteiger partial charge in [0.25, 0.3) is 5.56 Å². The Kier molecular flexibility index (Phi) is 5.85. The number of aromatic nitrogens is 4. The van der Waals surface area contributed by atoms with Gasteiger partial charge in [0, 0.05) is 17.7 Å². The average molecular weight is 528 g/mol. The van der Waals surface area contributed by atoms with Crippen molar-refractivity contribution in [3.8, 4) is 11.5 Å². The number of ether oxygens (including phenoxy) is 1. The summed E-state index contributed by atoms with van der Waals surface area (Å²) < 4.78 is 9.28. The molecule has 0 unspecified atom stereocenters. The van der Waals surface area contributed by atoms with E-state index in [-0.39, 0.29) is 11.5 Å². The SMILES string of the molecule is O=C(NCCn1ncc2c(=O)n(Cc3cccc4ccccc34)cnc21)C1c2ccccc2Oc2ccccc21. The molecule has 2 aromatic heterocycles. The molecule has 196 valence electrons. The van der Waals surface area contributed by atoms with Gasteiger partial charge in [-0.1, -0.05) is 78.9 Å². The van der Waals surface area contributed by atoms with Crippen molar-refractivity contribution in [2.24, 2.45) is 0 Å². The molecular weight excluding hydrogens is 502 g/mol. The number of amides is 1. The maximum absolute atomic E-state index is 13.4. The van der Waals surface area contributed by atoms with E-state index in [4.69, 9.17) is 4.74 Å². The van der Waals surface area contributed by atoms with Crippen molar-refractivity contribution in [3.63, 3.8) is 0 Å². The highest BCUT2D eigenvalue weighted by Gasteiger charge is 2.32. The van der Waals surface area contributed by atoms with Crippen LogP contribution in [0.15, 0.2) is 108 Å². The number of nitrogens with zero attached hydrogens (tertiary/aromatic N) is 4. The molecule has 0 aliphatic carbocycles. The van der Waals surface area contributed by atoms with Crippen LogP contribution in [-0.2, 0) is 17.9 Å². The number of para-hydroxylation sites is 2. The summed E-state index contributed by atoms with van der Waals surface area (Å²) in [6.07, 6.45) is 3.12. The molecule has 0 bridgehead atoms. The third kappa shape index (κ3) is 4.10. The second-order valence-electron chi connectivity index (χ2n) is 9.82. The van der Waals surface area contributed by atoms with Gasteiger partial charge in [0.05, 0.1) is 25.2 Å². The molecular formula is C32H25N5O3. The molecule has 0 radical (unpaired) electrons. The van der Waals surface area contributed by atoms with Gasteiger partial charge >= 0.3 is 0 Å². The number of nitrogens with one attached hydrogen (secondary N) is 1. The van der Waals surface area contributed by atoms with Crippen molar-refractivity contribution < 1.29 is 9.53 Å². The monoisotopic (exact) mass is 527 g/mol. The van der Waals surface area contributed by atoms with Gasteiger partial charge in [0.2, 0.25) is 5.91 Å². The Morgan fingerprint density at radius 1 is 0.850 bits per heavy atom. The molecule has 3 heterocycles. The van der Waals surface area contributed by atoms with Gasteiger partial charge in [-0.3, -0.25) is 14.2 Å². The molecule has 0 saturated heterocycles. The molecule has 4 aromatic carbocycles. The Morgan fingerprint density at radius 3 is 2.35 bits per heavy atom. The summed E-state index contributed by atoms with van der Waals surface area (Å²) in [5.41, 5.74) is 3.06. The van der Waals surface area contributed by atoms with Crippen molar-refractivity contribution in [3.05, 3.63) is 131 Å². The Bertz CT molecular complexity index is 1910. The van der Waals surface area contributed by atoms with Crippen LogP contribution in [0.5, 0.6) is 11.5 Å². The molecule has 0 atom stereocenters. The van der Waals surface area contributed by atoms with Gasteiger partial charge in [-0.25, -0.2) is 9.67 Å².